The average Bonchev–Trinajstić information content (AvgIpc) is 3.60. The Hall–Kier alpha value is -4.30. The topological polar surface area (TPSA) is 155 Å². The van der Waals surface area contributed by atoms with Crippen LogP contribution in [0.5, 0.6) is 0 Å². The van der Waals surface area contributed by atoms with Crippen LogP contribution in [0.4, 0.5) is 21.1 Å². The molecule has 5 rings (SSSR count). The lowest BCUT2D eigenvalue weighted by molar-refractivity contribution is -0.118. The van der Waals surface area contributed by atoms with Crippen molar-refractivity contribution in [2.75, 3.05) is 63.2 Å². The van der Waals surface area contributed by atoms with E-state index in [9.17, 15) is 14.4 Å². The van der Waals surface area contributed by atoms with Gasteiger partial charge in [-0.15, -0.1) is 0 Å². The van der Waals surface area contributed by atoms with Gasteiger partial charge in [0.15, 0.2) is 11.5 Å². The summed E-state index contributed by atoms with van der Waals surface area (Å²) in [6.45, 7) is 7.36. The first-order valence-corrected chi connectivity index (χ1v) is 15.7. The van der Waals surface area contributed by atoms with E-state index in [1.807, 2.05) is 61.1 Å². The average molecular weight is 621 g/mol. The number of hydrogen-bond acceptors (Lipinski definition) is 9. The van der Waals surface area contributed by atoms with Crippen LogP contribution in [0.1, 0.15) is 39.5 Å². The molecule has 2 aromatic heterocycles. The van der Waals surface area contributed by atoms with Crippen LogP contribution in [-0.2, 0) is 16.1 Å². The van der Waals surface area contributed by atoms with Gasteiger partial charge in [-0.25, -0.2) is 29.1 Å². The van der Waals surface area contributed by atoms with Gasteiger partial charge in [0.05, 0.1) is 23.8 Å². The van der Waals surface area contributed by atoms with Gasteiger partial charge >= 0.3 is 12.1 Å². The molecule has 0 aliphatic carbocycles. The fourth-order valence-corrected chi connectivity index (χ4v) is 5.90. The number of benzene rings is 1. The van der Waals surface area contributed by atoms with Gasteiger partial charge in [0.25, 0.3) is 0 Å². The Bertz CT molecular complexity index is 1500. The number of anilines is 2. The first-order valence-electron chi connectivity index (χ1n) is 15.7. The van der Waals surface area contributed by atoms with Crippen molar-refractivity contribution < 1.29 is 19.1 Å². The smallest absolute Gasteiger partial charge is 0.332 e. The van der Waals surface area contributed by atoms with Crippen molar-refractivity contribution in [2.24, 2.45) is 5.73 Å². The lowest BCUT2D eigenvalue weighted by Gasteiger charge is -2.33. The van der Waals surface area contributed by atoms with Gasteiger partial charge < -0.3 is 25.6 Å². The lowest BCUT2D eigenvalue weighted by atomic mass is 10.1. The van der Waals surface area contributed by atoms with E-state index in [1.54, 1.807) is 11.8 Å². The van der Waals surface area contributed by atoms with Gasteiger partial charge in [-0.2, -0.15) is 5.10 Å². The monoisotopic (exact) mass is 620 g/mol. The summed E-state index contributed by atoms with van der Waals surface area (Å²) in [6, 6.07) is 6.36. The molecule has 0 spiro atoms. The summed E-state index contributed by atoms with van der Waals surface area (Å²) in [6.07, 6.45) is 4.91. The highest BCUT2D eigenvalue weighted by Gasteiger charge is 2.35. The van der Waals surface area contributed by atoms with Crippen LogP contribution in [0, 0.1) is 0 Å². The number of carbonyl (C=O) groups excluding carboxylic acids is 3. The number of urea groups is 2. The summed E-state index contributed by atoms with van der Waals surface area (Å²) in [4.78, 5) is 55.2. The van der Waals surface area contributed by atoms with Crippen molar-refractivity contribution in [3.63, 3.8) is 0 Å². The Kier molecular flexibility index (Phi) is 10.1. The lowest BCUT2D eigenvalue weighted by Crippen LogP contribution is -2.51. The third-order valence-electron chi connectivity index (χ3n) is 8.16. The standard InChI is InChI=1S/C31H44N10O4/c1-5-33-30(43)40(17-14-26(32)42)31(44)39(16-7-15-37(3)4)22-10-8-21(9-11-22)27-35-28(25-18-34-41(6-2)29(25)36-27)38-19-23-12-13-24(20-38)45-23/h8-11,18,23-24H,5-7,12-17,19-20H2,1-4H3,(H2,32,42)(H,33,43). The highest BCUT2D eigenvalue weighted by atomic mass is 16.5. The van der Waals surface area contributed by atoms with Gasteiger partial charge in [-0.05, 0) is 78.0 Å². The van der Waals surface area contributed by atoms with Crippen LogP contribution >= 0.6 is 0 Å². The third kappa shape index (κ3) is 7.34. The summed E-state index contributed by atoms with van der Waals surface area (Å²) in [7, 11) is 3.93. The molecule has 2 saturated heterocycles. The third-order valence-corrected chi connectivity index (χ3v) is 8.16. The molecule has 1 aromatic carbocycles. The van der Waals surface area contributed by atoms with E-state index in [0.717, 1.165) is 59.8 Å². The van der Waals surface area contributed by atoms with Crippen molar-refractivity contribution in [1.82, 2.24) is 34.9 Å². The van der Waals surface area contributed by atoms with Crippen molar-refractivity contribution in [1.29, 1.82) is 0 Å². The van der Waals surface area contributed by atoms with Crippen molar-refractivity contribution in [3.05, 3.63) is 30.5 Å². The SMILES string of the molecule is CCNC(=O)N(CCC(N)=O)C(=O)N(CCCN(C)C)c1ccc(-c2nc(N3CC4CCC(C3)O4)c3cnn(CC)c3n2)cc1. The molecule has 2 aliphatic heterocycles. The fourth-order valence-electron chi connectivity index (χ4n) is 5.90. The zero-order valence-corrected chi connectivity index (χ0v) is 26.6. The quantitative estimate of drug-likeness (QED) is 0.311. The van der Waals surface area contributed by atoms with Crippen LogP contribution < -0.4 is 20.9 Å². The van der Waals surface area contributed by atoms with E-state index >= 15 is 0 Å². The molecular formula is C31H44N10O4. The number of ether oxygens (including phenoxy) is 1. The molecule has 0 radical (unpaired) electrons. The number of primary amides is 1. The molecule has 45 heavy (non-hydrogen) atoms. The minimum atomic E-state index is -0.592. The molecule has 2 atom stereocenters. The van der Waals surface area contributed by atoms with Crippen LogP contribution in [0.3, 0.4) is 0 Å². The summed E-state index contributed by atoms with van der Waals surface area (Å²) in [5, 5.41) is 8.15. The molecule has 2 unspecified atom stereocenters. The number of morpholine rings is 1. The predicted octanol–water partition coefficient (Wildman–Crippen LogP) is 2.67. The maximum Gasteiger partial charge on any atom is 0.332 e. The second kappa shape index (κ2) is 14.2. The fraction of sp³-hybridized carbons (Fsp3) is 0.548. The molecular weight excluding hydrogens is 576 g/mol. The maximum atomic E-state index is 13.8. The van der Waals surface area contributed by atoms with Crippen LogP contribution in [0.15, 0.2) is 30.5 Å². The number of nitrogens with two attached hydrogens (primary N) is 1. The molecule has 5 amide bonds. The van der Waals surface area contributed by atoms with Gasteiger partial charge in [-0.1, -0.05) is 0 Å². The number of nitrogens with zero attached hydrogens (tertiary/aromatic N) is 8. The maximum absolute atomic E-state index is 13.8. The number of hydrogen-bond donors (Lipinski definition) is 2. The number of aromatic nitrogens is 4. The largest absolute Gasteiger partial charge is 0.371 e. The number of nitrogens with one attached hydrogen (secondary N) is 1. The van der Waals surface area contributed by atoms with Crippen LogP contribution in [0.25, 0.3) is 22.4 Å². The summed E-state index contributed by atoms with van der Waals surface area (Å²) in [5.74, 6) is 0.826. The van der Waals surface area contributed by atoms with E-state index in [1.165, 1.54) is 0 Å². The van der Waals surface area contributed by atoms with Gasteiger partial charge in [0, 0.05) is 56.9 Å². The van der Waals surface area contributed by atoms with Gasteiger partial charge in [0.2, 0.25) is 5.91 Å². The summed E-state index contributed by atoms with van der Waals surface area (Å²) >= 11 is 0. The van der Waals surface area contributed by atoms with Crippen molar-refractivity contribution >= 4 is 40.5 Å². The number of fused-ring (bicyclic) bond motifs is 3. The molecule has 2 bridgehead atoms. The molecule has 4 heterocycles. The first kappa shape index (κ1) is 32.1. The summed E-state index contributed by atoms with van der Waals surface area (Å²) < 4.78 is 7.95. The van der Waals surface area contributed by atoms with E-state index in [-0.39, 0.29) is 25.2 Å². The Morgan fingerprint density at radius 1 is 1.02 bits per heavy atom. The zero-order chi connectivity index (χ0) is 32.1. The van der Waals surface area contributed by atoms with E-state index in [0.29, 0.717) is 37.6 Å². The van der Waals surface area contributed by atoms with E-state index < -0.39 is 18.0 Å². The van der Waals surface area contributed by atoms with E-state index in [2.05, 4.69) is 15.3 Å². The Morgan fingerprint density at radius 2 is 1.73 bits per heavy atom. The van der Waals surface area contributed by atoms with E-state index in [4.69, 9.17) is 20.4 Å². The minimum absolute atomic E-state index is 0.118. The molecule has 3 aromatic rings. The van der Waals surface area contributed by atoms with Crippen LogP contribution in [-0.4, -0.2) is 113 Å². The molecule has 2 aliphatic rings. The second-order valence-electron chi connectivity index (χ2n) is 11.8. The Labute approximate surface area is 263 Å². The molecule has 2 fully saturated rings. The normalized spacial score (nSPS) is 17.6. The number of aryl methyl sites for hydroxylation is 1. The number of amides is 5. The number of rotatable bonds is 12. The highest BCUT2D eigenvalue weighted by molar-refractivity contribution is 6.02. The molecule has 3 N–H and O–H groups in total. The highest BCUT2D eigenvalue weighted by Crippen LogP contribution is 2.34. The Balaban J connectivity index is 1.47. The van der Waals surface area contributed by atoms with Gasteiger partial charge in [-0.3, -0.25) is 9.69 Å². The minimum Gasteiger partial charge on any atom is -0.371 e. The zero-order valence-electron chi connectivity index (χ0n) is 26.6. The van der Waals surface area contributed by atoms with Crippen LogP contribution in [0.2, 0.25) is 0 Å². The number of carbonyl (C=O) groups is 3. The molecule has 14 heteroatoms. The molecule has 0 saturated carbocycles. The first-order chi connectivity index (χ1) is 21.7. The summed E-state index contributed by atoms with van der Waals surface area (Å²) in [5.41, 5.74) is 7.53. The Morgan fingerprint density at radius 3 is 2.36 bits per heavy atom. The second-order valence-corrected chi connectivity index (χ2v) is 11.8. The predicted molar refractivity (Wildman–Crippen MR) is 172 cm³/mol. The van der Waals surface area contributed by atoms with Crippen molar-refractivity contribution in [2.45, 2.75) is 58.3 Å². The molecule has 242 valence electrons. The number of imide groups is 1. The van der Waals surface area contributed by atoms with Crippen molar-refractivity contribution in [3.8, 4) is 11.4 Å². The molecule has 14 nitrogen and oxygen atoms in total. The van der Waals surface area contributed by atoms with Gasteiger partial charge in [0.1, 0.15) is 5.82 Å².